The van der Waals surface area contributed by atoms with E-state index < -0.39 is 7.37 Å². The summed E-state index contributed by atoms with van der Waals surface area (Å²) in [5.41, 5.74) is 0.604. The predicted molar refractivity (Wildman–Crippen MR) is 83.4 cm³/mol. The smallest absolute Gasteiger partial charge is 0.224 e. The highest BCUT2D eigenvalue weighted by Gasteiger charge is 2.15. The highest BCUT2D eigenvalue weighted by Crippen LogP contribution is 2.37. The summed E-state index contributed by atoms with van der Waals surface area (Å²) >= 11 is 10.0. The summed E-state index contributed by atoms with van der Waals surface area (Å²) in [5.74, 6) is -0.296. The fraction of sp³-hybridized carbons (Fsp3) is 0.300. The summed E-state index contributed by atoms with van der Waals surface area (Å²) in [5, 5.41) is 2.69. The molecule has 1 unspecified atom stereocenters. The van der Waals surface area contributed by atoms with Crippen molar-refractivity contribution >= 4 is 66.8 Å². The van der Waals surface area contributed by atoms with Gasteiger partial charge in [0.15, 0.2) is 7.37 Å². The van der Waals surface area contributed by atoms with Gasteiger partial charge in [-0.3, -0.25) is 9.36 Å². The Morgan fingerprint density at radius 2 is 1.83 bits per heavy atom. The number of nitrogens with one attached hydrogen (secondary N) is 1. The number of benzene rings is 1. The van der Waals surface area contributed by atoms with E-state index in [1.807, 2.05) is 0 Å². The zero-order valence-electron chi connectivity index (χ0n) is 9.41. The molecule has 8 heteroatoms. The Balaban J connectivity index is 2.74. The second-order valence-electron chi connectivity index (χ2n) is 3.82. The highest BCUT2D eigenvalue weighted by molar-refractivity contribution is 9.11. The first-order chi connectivity index (χ1) is 8.19. The predicted octanol–water partition coefficient (Wildman–Crippen LogP) is 4.20. The molecule has 0 spiro atoms. The minimum atomic E-state index is -3.15. The van der Waals surface area contributed by atoms with E-state index in [0.29, 0.717) is 5.69 Å². The van der Waals surface area contributed by atoms with Crippen LogP contribution < -0.4 is 5.32 Å². The molecule has 4 nitrogen and oxygen atoms in total. The Bertz CT molecular complexity index is 492. The van der Waals surface area contributed by atoms with Crippen LogP contribution in [0.4, 0.5) is 5.69 Å². The Kier molecular flexibility index (Phi) is 6.06. The fourth-order valence-corrected chi connectivity index (χ4v) is 4.25. The molecule has 18 heavy (non-hydrogen) atoms. The quantitative estimate of drug-likeness (QED) is 0.658. The van der Waals surface area contributed by atoms with Crippen molar-refractivity contribution in [1.82, 2.24) is 0 Å². The molecule has 2 N–H and O–H groups in total. The summed E-state index contributed by atoms with van der Waals surface area (Å²) in [6.07, 6.45) is -0.0101. The van der Waals surface area contributed by atoms with Gasteiger partial charge < -0.3 is 10.2 Å². The fourth-order valence-electron chi connectivity index (χ4n) is 1.17. The van der Waals surface area contributed by atoms with E-state index in [9.17, 15) is 9.36 Å². The summed E-state index contributed by atoms with van der Waals surface area (Å²) < 4.78 is 13.4. The molecule has 1 aromatic rings. The zero-order valence-corrected chi connectivity index (χ0v) is 15.1. The number of anilines is 1. The maximum absolute atomic E-state index is 11.7. The molecule has 0 saturated heterocycles. The van der Waals surface area contributed by atoms with Crippen LogP contribution in [-0.2, 0) is 9.36 Å². The van der Waals surface area contributed by atoms with Crippen LogP contribution in [0.3, 0.4) is 0 Å². The van der Waals surface area contributed by atoms with Gasteiger partial charge >= 0.3 is 0 Å². The number of halogens is 3. The van der Waals surface area contributed by atoms with Gasteiger partial charge in [-0.25, -0.2) is 0 Å². The molecule has 1 atom stereocenters. The van der Waals surface area contributed by atoms with Gasteiger partial charge in [0.2, 0.25) is 5.91 Å². The van der Waals surface area contributed by atoms with E-state index >= 15 is 0 Å². The van der Waals surface area contributed by atoms with Crippen LogP contribution in [0.2, 0.25) is 0 Å². The van der Waals surface area contributed by atoms with Crippen LogP contribution in [0.1, 0.15) is 6.42 Å². The Morgan fingerprint density at radius 3 is 2.28 bits per heavy atom. The summed E-state index contributed by atoms with van der Waals surface area (Å²) in [4.78, 5) is 20.8. The highest BCUT2D eigenvalue weighted by atomic mass is 79.9. The first-order valence-electron chi connectivity index (χ1n) is 4.93. The van der Waals surface area contributed by atoms with Crippen molar-refractivity contribution in [2.75, 3.05) is 18.1 Å². The van der Waals surface area contributed by atoms with Crippen molar-refractivity contribution in [1.29, 1.82) is 0 Å². The van der Waals surface area contributed by atoms with E-state index in [2.05, 4.69) is 53.1 Å². The molecule has 0 radical (unpaired) electrons. The standard InChI is InChI=1S/C10H11Br3NO3P/c1-18(16,17)3-2-9(15)14-10-7(12)4-6(11)5-8(10)13/h4-5H,2-3H2,1H3,(H,14,15)(H,16,17). The van der Waals surface area contributed by atoms with Crippen LogP contribution in [0.5, 0.6) is 0 Å². The number of hydrogen-bond donors (Lipinski definition) is 2. The molecule has 0 aromatic heterocycles. The average molecular weight is 464 g/mol. The second-order valence-corrected chi connectivity index (χ2v) is 8.99. The van der Waals surface area contributed by atoms with Crippen LogP contribution in [-0.4, -0.2) is 23.6 Å². The van der Waals surface area contributed by atoms with Crippen molar-refractivity contribution in [2.24, 2.45) is 0 Å². The van der Waals surface area contributed by atoms with Gasteiger partial charge in [-0.1, -0.05) is 15.9 Å². The molecule has 0 fully saturated rings. The molecule has 0 aliphatic carbocycles. The third-order valence-electron chi connectivity index (χ3n) is 2.03. The molecular formula is C10H11Br3NO3P. The molecule has 1 rings (SSSR count). The number of carbonyl (C=O) groups excluding carboxylic acids is 1. The first-order valence-corrected chi connectivity index (χ1v) is 9.60. The van der Waals surface area contributed by atoms with Gasteiger partial charge in [0.25, 0.3) is 0 Å². The van der Waals surface area contributed by atoms with E-state index in [1.54, 1.807) is 12.1 Å². The lowest BCUT2D eigenvalue weighted by Gasteiger charge is -2.11. The molecule has 0 aliphatic heterocycles. The lowest BCUT2D eigenvalue weighted by Crippen LogP contribution is -2.13. The molecule has 0 bridgehead atoms. The van der Waals surface area contributed by atoms with Crippen molar-refractivity contribution in [2.45, 2.75) is 6.42 Å². The molecule has 0 saturated carbocycles. The summed E-state index contributed by atoms with van der Waals surface area (Å²) in [7, 11) is -3.15. The molecule has 0 heterocycles. The van der Waals surface area contributed by atoms with Crippen molar-refractivity contribution in [3.05, 3.63) is 25.6 Å². The summed E-state index contributed by atoms with van der Waals surface area (Å²) in [6.45, 7) is 1.24. The van der Waals surface area contributed by atoms with Crippen molar-refractivity contribution < 1.29 is 14.3 Å². The van der Waals surface area contributed by atoms with Crippen LogP contribution in [0.25, 0.3) is 0 Å². The molecule has 100 valence electrons. The van der Waals surface area contributed by atoms with Crippen molar-refractivity contribution in [3.8, 4) is 0 Å². The van der Waals surface area contributed by atoms with Crippen molar-refractivity contribution in [3.63, 3.8) is 0 Å². The molecular weight excluding hydrogens is 453 g/mol. The van der Waals surface area contributed by atoms with Gasteiger partial charge in [0.1, 0.15) is 0 Å². The topological polar surface area (TPSA) is 66.4 Å². The molecule has 1 amide bonds. The lowest BCUT2D eigenvalue weighted by molar-refractivity contribution is -0.115. The summed E-state index contributed by atoms with van der Waals surface area (Å²) in [6, 6.07) is 3.61. The third-order valence-corrected chi connectivity index (χ3v) is 4.79. The van der Waals surface area contributed by atoms with E-state index in [-0.39, 0.29) is 18.5 Å². The number of rotatable bonds is 4. The SMILES string of the molecule is CP(=O)(O)CCC(=O)Nc1c(Br)cc(Br)cc1Br. The van der Waals surface area contributed by atoms with Gasteiger partial charge in [-0.2, -0.15) is 0 Å². The number of carbonyl (C=O) groups is 1. The Hall–Kier alpha value is 0.320. The van der Waals surface area contributed by atoms with Gasteiger partial charge in [-0.15, -0.1) is 0 Å². The van der Waals surface area contributed by atoms with E-state index in [1.165, 1.54) is 6.66 Å². The van der Waals surface area contributed by atoms with Gasteiger partial charge in [0.05, 0.1) is 5.69 Å². The van der Waals surface area contributed by atoms with Crippen LogP contribution >= 0.6 is 55.2 Å². The van der Waals surface area contributed by atoms with Gasteiger partial charge in [0, 0.05) is 32.7 Å². The largest absolute Gasteiger partial charge is 0.344 e. The number of amides is 1. The van der Waals surface area contributed by atoms with E-state index in [0.717, 1.165) is 13.4 Å². The molecule has 1 aromatic carbocycles. The minimum absolute atomic E-state index is 0.0131. The van der Waals surface area contributed by atoms with Gasteiger partial charge in [-0.05, 0) is 44.0 Å². The lowest BCUT2D eigenvalue weighted by atomic mass is 10.3. The first kappa shape index (κ1) is 16.4. The maximum Gasteiger partial charge on any atom is 0.224 e. The average Bonchev–Trinajstić information content (AvgIpc) is 2.19. The molecule has 0 aliphatic rings. The minimum Gasteiger partial charge on any atom is -0.344 e. The second kappa shape index (κ2) is 6.66. The third kappa shape index (κ3) is 5.53. The van der Waals surface area contributed by atoms with Crippen LogP contribution in [0, 0.1) is 0 Å². The normalized spacial score (nSPS) is 14.1. The Morgan fingerprint density at radius 1 is 1.33 bits per heavy atom. The van der Waals surface area contributed by atoms with E-state index in [4.69, 9.17) is 4.89 Å². The van der Waals surface area contributed by atoms with Crippen LogP contribution in [0.15, 0.2) is 25.6 Å². The number of hydrogen-bond acceptors (Lipinski definition) is 2. The Labute approximate surface area is 130 Å². The monoisotopic (exact) mass is 461 g/mol. The maximum atomic E-state index is 11.7. The zero-order chi connectivity index (χ0) is 13.9.